The number of carbonyl (C=O) groups excluding carboxylic acids is 1. The van der Waals surface area contributed by atoms with Crippen LogP contribution in [0.4, 0.5) is 5.13 Å². The predicted octanol–water partition coefficient (Wildman–Crippen LogP) is 2.22. The first-order chi connectivity index (χ1) is 10.2. The lowest BCUT2D eigenvalue weighted by Gasteiger charge is -2.26. The number of rotatable bonds is 5. The summed E-state index contributed by atoms with van der Waals surface area (Å²) in [5.41, 5.74) is 0.903. The Morgan fingerprint density at radius 3 is 2.64 bits per heavy atom. The highest BCUT2D eigenvalue weighted by Crippen LogP contribution is 2.30. The van der Waals surface area contributed by atoms with Crippen molar-refractivity contribution in [3.05, 3.63) is 10.6 Å². The number of fused-ring (bicyclic) bond motifs is 1. The number of anilines is 1. The highest BCUT2D eigenvalue weighted by Gasteiger charge is 2.31. The topological polar surface area (TPSA) is 79.4 Å². The Kier molecular flexibility index (Phi) is 5.24. The van der Waals surface area contributed by atoms with Gasteiger partial charge in [0.25, 0.3) is 0 Å². The zero-order valence-corrected chi connectivity index (χ0v) is 15.1. The molecule has 0 aliphatic carbocycles. The summed E-state index contributed by atoms with van der Waals surface area (Å²) in [6, 6.07) is 0. The second-order valence-electron chi connectivity index (χ2n) is 6.21. The normalized spacial score (nSPS) is 16.1. The summed E-state index contributed by atoms with van der Waals surface area (Å²) in [7, 11) is -3.25. The molecule has 6 nitrogen and oxygen atoms in total. The van der Waals surface area contributed by atoms with E-state index in [4.69, 9.17) is 0 Å². The molecule has 0 unspecified atom stereocenters. The van der Waals surface area contributed by atoms with Gasteiger partial charge in [0.05, 0.1) is 10.9 Å². The van der Waals surface area contributed by atoms with Gasteiger partial charge in [-0.1, -0.05) is 13.8 Å². The van der Waals surface area contributed by atoms with E-state index in [-0.39, 0.29) is 5.91 Å². The van der Waals surface area contributed by atoms with Crippen LogP contribution < -0.4 is 5.32 Å². The summed E-state index contributed by atoms with van der Waals surface area (Å²) in [4.78, 5) is 17.1. The van der Waals surface area contributed by atoms with E-state index in [9.17, 15) is 13.2 Å². The minimum absolute atomic E-state index is 0.0484. The molecular weight excluding hydrogens is 322 g/mol. The Morgan fingerprint density at radius 2 is 2.05 bits per heavy atom. The van der Waals surface area contributed by atoms with Crippen molar-refractivity contribution in [2.24, 2.45) is 5.92 Å². The lowest BCUT2D eigenvalue weighted by molar-refractivity contribution is -0.116. The van der Waals surface area contributed by atoms with Crippen LogP contribution in [-0.2, 0) is 27.8 Å². The third-order valence-electron chi connectivity index (χ3n) is 3.49. The number of sulfonamides is 1. The van der Waals surface area contributed by atoms with E-state index in [1.54, 1.807) is 13.8 Å². The minimum atomic E-state index is -3.25. The van der Waals surface area contributed by atoms with Crippen LogP contribution in [0.2, 0.25) is 0 Å². The van der Waals surface area contributed by atoms with Gasteiger partial charge in [0.2, 0.25) is 15.9 Å². The molecule has 1 amide bonds. The number of hydrogen-bond donors (Lipinski definition) is 1. The maximum Gasteiger partial charge on any atom is 0.226 e. The number of hydrogen-bond acceptors (Lipinski definition) is 5. The Balaban J connectivity index is 2.09. The molecule has 124 valence electrons. The molecule has 8 heteroatoms. The number of nitrogens with one attached hydrogen (secondary N) is 1. The highest BCUT2D eigenvalue weighted by molar-refractivity contribution is 7.89. The summed E-state index contributed by atoms with van der Waals surface area (Å²) in [5, 5.41) is 2.95. The summed E-state index contributed by atoms with van der Waals surface area (Å²) >= 11 is 1.37. The second kappa shape index (κ2) is 6.64. The maximum absolute atomic E-state index is 12.2. The van der Waals surface area contributed by atoms with Crippen molar-refractivity contribution in [3.8, 4) is 0 Å². The summed E-state index contributed by atoms with van der Waals surface area (Å²) < 4.78 is 26.0. The monoisotopic (exact) mass is 345 g/mol. The molecule has 1 aliphatic rings. The molecular formula is C14H23N3O3S2. The lowest BCUT2D eigenvalue weighted by Crippen LogP contribution is -2.39. The Labute approximate surface area is 136 Å². The van der Waals surface area contributed by atoms with Gasteiger partial charge in [-0.05, 0) is 19.8 Å². The molecule has 0 saturated heterocycles. The molecule has 0 atom stereocenters. The Hall–Kier alpha value is -0.990. The Bertz CT molecular complexity index is 650. The van der Waals surface area contributed by atoms with Crippen LogP contribution >= 0.6 is 11.3 Å². The molecule has 1 aromatic heterocycles. The fraction of sp³-hybridized carbons (Fsp3) is 0.714. The summed E-state index contributed by atoms with van der Waals surface area (Å²) in [6.45, 7) is 8.16. The van der Waals surface area contributed by atoms with Crippen LogP contribution in [-0.4, -0.2) is 35.4 Å². The smallest absolute Gasteiger partial charge is 0.226 e. The van der Waals surface area contributed by atoms with Gasteiger partial charge in [-0.25, -0.2) is 13.4 Å². The van der Waals surface area contributed by atoms with Crippen LogP contribution in [0.5, 0.6) is 0 Å². The number of amides is 1. The van der Waals surface area contributed by atoms with Gasteiger partial charge in [-0.15, -0.1) is 11.3 Å². The first-order valence-electron chi connectivity index (χ1n) is 7.47. The van der Waals surface area contributed by atoms with Crippen molar-refractivity contribution in [2.75, 3.05) is 11.9 Å². The zero-order chi connectivity index (χ0) is 16.5. The average molecular weight is 345 g/mol. The van der Waals surface area contributed by atoms with Crippen molar-refractivity contribution in [1.29, 1.82) is 0 Å². The van der Waals surface area contributed by atoms with Gasteiger partial charge in [-0.2, -0.15) is 4.31 Å². The average Bonchev–Trinajstić information content (AvgIpc) is 2.78. The lowest BCUT2D eigenvalue weighted by atomic mass is 10.1. The first kappa shape index (κ1) is 17.4. The molecule has 0 aromatic carbocycles. The van der Waals surface area contributed by atoms with Gasteiger partial charge >= 0.3 is 0 Å². The zero-order valence-electron chi connectivity index (χ0n) is 13.4. The fourth-order valence-corrected chi connectivity index (χ4v) is 4.65. The van der Waals surface area contributed by atoms with Gasteiger partial charge < -0.3 is 5.32 Å². The van der Waals surface area contributed by atoms with E-state index in [2.05, 4.69) is 10.3 Å². The van der Waals surface area contributed by atoms with Crippen LogP contribution in [0.1, 0.15) is 44.7 Å². The van der Waals surface area contributed by atoms with Crippen LogP contribution in [0.15, 0.2) is 0 Å². The molecule has 2 rings (SSSR count). The predicted molar refractivity (Wildman–Crippen MR) is 88.4 cm³/mol. The molecule has 1 N–H and O–H groups in total. The second-order valence-corrected chi connectivity index (χ2v) is 9.79. The third kappa shape index (κ3) is 3.85. The van der Waals surface area contributed by atoms with E-state index in [1.807, 2.05) is 13.8 Å². The summed E-state index contributed by atoms with van der Waals surface area (Å²) in [5.74, 6) is 0.244. The number of thiazole rings is 1. The molecule has 0 bridgehead atoms. The van der Waals surface area contributed by atoms with Crippen molar-refractivity contribution in [2.45, 2.75) is 52.3 Å². The molecule has 0 saturated carbocycles. The van der Waals surface area contributed by atoms with Crippen LogP contribution in [0.3, 0.4) is 0 Å². The third-order valence-corrected chi connectivity index (χ3v) is 6.71. The summed E-state index contributed by atoms with van der Waals surface area (Å²) in [6.07, 6.45) is 1.05. The number of aromatic nitrogens is 1. The molecule has 0 fully saturated rings. The van der Waals surface area contributed by atoms with Crippen LogP contribution in [0.25, 0.3) is 0 Å². The van der Waals surface area contributed by atoms with Gasteiger partial charge in [0.1, 0.15) is 0 Å². The SMILES string of the molecule is CC(C)CC(=O)Nc1nc2c(s1)CN(S(=O)(=O)C(C)C)CC2. The largest absolute Gasteiger partial charge is 0.302 e. The van der Waals surface area contributed by atoms with Crippen molar-refractivity contribution in [3.63, 3.8) is 0 Å². The highest BCUT2D eigenvalue weighted by atomic mass is 32.2. The minimum Gasteiger partial charge on any atom is -0.302 e. The molecule has 1 aliphatic heterocycles. The van der Waals surface area contributed by atoms with Crippen molar-refractivity contribution >= 4 is 32.4 Å². The van der Waals surface area contributed by atoms with Gasteiger partial charge in [0, 0.05) is 30.8 Å². The van der Waals surface area contributed by atoms with Gasteiger partial charge in [0.15, 0.2) is 5.13 Å². The van der Waals surface area contributed by atoms with Gasteiger partial charge in [-0.3, -0.25) is 4.79 Å². The van der Waals surface area contributed by atoms with E-state index in [1.165, 1.54) is 15.6 Å². The van der Waals surface area contributed by atoms with E-state index < -0.39 is 15.3 Å². The standard InChI is InChI=1S/C14H23N3O3S2/c1-9(2)7-13(18)16-14-15-11-5-6-17(8-12(11)21-14)22(19,20)10(3)4/h9-10H,5-8H2,1-4H3,(H,15,16,18). The number of nitrogens with zero attached hydrogens (tertiary/aromatic N) is 2. The fourth-order valence-electron chi connectivity index (χ4n) is 2.28. The molecule has 1 aromatic rings. The molecule has 22 heavy (non-hydrogen) atoms. The van der Waals surface area contributed by atoms with Crippen molar-refractivity contribution < 1.29 is 13.2 Å². The van der Waals surface area contributed by atoms with Crippen LogP contribution in [0, 0.1) is 5.92 Å². The maximum atomic E-state index is 12.2. The molecule has 0 spiro atoms. The Morgan fingerprint density at radius 1 is 1.36 bits per heavy atom. The number of carbonyl (C=O) groups is 1. The quantitative estimate of drug-likeness (QED) is 0.887. The van der Waals surface area contributed by atoms with Crippen molar-refractivity contribution in [1.82, 2.24) is 9.29 Å². The van der Waals surface area contributed by atoms with E-state index in [0.29, 0.717) is 37.0 Å². The van der Waals surface area contributed by atoms with E-state index in [0.717, 1.165) is 10.6 Å². The molecule has 2 heterocycles. The van der Waals surface area contributed by atoms with E-state index >= 15 is 0 Å². The molecule has 0 radical (unpaired) electrons. The first-order valence-corrected chi connectivity index (χ1v) is 9.79.